The van der Waals surface area contributed by atoms with Crippen molar-refractivity contribution in [2.75, 3.05) is 6.26 Å². The largest absolute Gasteiger partial charge is 0.478 e. The summed E-state index contributed by atoms with van der Waals surface area (Å²) in [7, 11) is -3.36. The van der Waals surface area contributed by atoms with Crippen LogP contribution in [0.1, 0.15) is 10.4 Å². The third-order valence-electron chi connectivity index (χ3n) is 2.79. The van der Waals surface area contributed by atoms with E-state index < -0.39 is 27.2 Å². The van der Waals surface area contributed by atoms with Gasteiger partial charge in [0.05, 0.1) is 10.5 Å². The molecule has 0 saturated carbocycles. The maximum absolute atomic E-state index is 13.3. The van der Waals surface area contributed by atoms with E-state index in [-0.39, 0.29) is 4.90 Å². The van der Waals surface area contributed by atoms with Crippen LogP contribution in [0.4, 0.5) is 4.39 Å². The van der Waals surface area contributed by atoms with Crippen molar-refractivity contribution >= 4 is 15.8 Å². The second-order valence-electron chi connectivity index (χ2n) is 4.30. The van der Waals surface area contributed by atoms with Crippen molar-refractivity contribution in [3.63, 3.8) is 0 Å². The molecule has 20 heavy (non-hydrogen) atoms. The fourth-order valence-corrected chi connectivity index (χ4v) is 2.44. The number of hydrogen-bond donors (Lipinski definition) is 1. The molecule has 0 aliphatic heterocycles. The Morgan fingerprint density at radius 3 is 2.35 bits per heavy atom. The number of carbonyl (C=O) groups is 1. The Bertz CT molecular complexity index is 782. The molecule has 0 heterocycles. The van der Waals surface area contributed by atoms with Gasteiger partial charge in [-0.15, -0.1) is 0 Å². The van der Waals surface area contributed by atoms with Crippen LogP contribution in [0.2, 0.25) is 0 Å². The maximum atomic E-state index is 13.3. The van der Waals surface area contributed by atoms with Crippen LogP contribution in [0, 0.1) is 5.82 Å². The lowest BCUT2D eigenvalue weighted by atomic mass is 10.0. The second kappa shape index (κ2) is 5.05. The van der Waals surface area contributed by atoms with Crippen LogP contribution in [0.25, 0.3) is 11.1 Å². The Balaban J connectivity index is 2.58. The Kier molecular flexibility index (Phi) is 3.59. The normalized spacial score (nSPS) is 11.3. The summed E-state index contributed by atoms with van der Waals surface area (Å²) in [6.45, 7) is 0. The molecule has 0 unspecified atom stereocenters. The number of rotatable bonds is 3. The van der Waals surface area contributed by atoms with Crippen molar-refractivity contribution in [1.82, 2.24) is 0 Å². The molecular formula is C14H11FO4S. The molecule has 0 saturated heterocycles. The highest BCUT2D eigenvalue weighted by molar-refractivity contribution is 7.90. The van der Waals surface area contributed by atoms with Crippen LogP contribution in [-0.4, -0.2) is 25.7 Å². The zero-order chi connectivity index (χ0) is 14.9. The minimum absolute atomic E-state index is 0.121. The van der Waals surface area contributed by atoms with Crippen molar-refractivity contribution in [3.8, 4) is 11.1 Å². The monoisotopic (exact) mass is 294 g/mol. The number of benzene rings is 2. The number of sulfone groups is 1. The molecule has 6 heteroatoms. The van der Waals surface area contributed by atoms with E-state index in [0.717, 1.165) is 12.3 Å². The van der Waals surface area contributed by atoms with Crippen LogP contribution in [0.5, 0.6) is 0 Å². The molecule has 104 valence electrons. The van der Waals surface area contributed by atoms with Gasteiger partial charge in [0, 0.05) is 6.26 Å². The van der Waals surface area contributed by atoms with E-state index in [1.54, 1.807) is 12.1 Å². The number of carboxylic acid groups (broad SMARTS) is 1. The highest BCUT2D eigenvalue weighted by atomic mass is 32.2. The summed E-state index contributed by atoms with van der Waals surface area (Å²) in [5.41, 5.74) is 0.497. The Morgan fingerprint density at radius 2 is 1.75 bits per heavy atom. The van der Waals surface area contributed by atoms with Crippen molar-refractivity contribution in [2.45, 2.75) is 4.90 Å². The summed E-state index contributed by atoms with van der Waals surface area (Å²) >= 11 is 0. The van der Waals surface area contributed by atoms with E-state index in [1.807, 2.05) is 0 Å². The van der Waals surface area contributed by atoms with Crippen LogP contribution in [0.3, 0.4) is 0 Å². The predicted molar refractivity (Wildman–Crippen MR) is 71.9 cm³/mol. The van der Waals surface area contributed by atoms with Crippen LogP contribution in [0.15, 0.2) is 47.4 Å². The molecule has 0 fully saturated rings. The number of halogens is 1. The summed E-state index contributed by atoms with van der Waals surface area (Å²) in [5.74, 6) is -2.20. The van der Waals surface area contributed by atoms with Crippen molar-refractivity contribution in [3.05, 3.63) is 53.8 Å². The summed E-state index contributed by atoms with van der Waals surface area (Å²) in [6.07, 6.45) is 1.08. The Labute approximate surface area is 115 Å². The van der Waals surface area contributed by atoms with E-state index in [2.05, 4.69) is 0 Å². The zero-order valence-corrected chi connectivity index (χ0v) is 11.3. The number of hydrogen-bond acceptors (Lipinski definition) is 3. The minimum Gasteiger partial charge on any atom is -0.478 e. The van der Waals surface area contributed by atoms with Gasteiger partial charge >= 0.3 is 5.97 Å². The molecule has 1 N–H and O–H groups in total. The lowest BCUT2D eigenvalue weighted by Gasteiger charge is -2.06. The van der Waals surface area contributed by atoms with Gasteiger partial charge in [-0.3, -0.25) is 0 Å². The van der Waals surface area contributed by atoms with Gasteiger partial charge in [0.1, 0.15) is 5.82 Å². The molecule has 0 spiro atoms. The topological polar surface area (TPSA) is 71.4 Å². The first-order valence-corrected chi connectivity index (χ1v) is 7.51. The third-order valence-corrected chi connectivity index (χ3v) is 3.90. The van der Waals surface area contributed by atoms with Gasteiger partial charge in [-0.1, -0.05) is 18.2 Å². The van der Waals surface area contributed by atoms with Crippen molar-refractivity contribution < 1.29 is 22.7 Å². The lowest BCUT2D eigenvalue weighted by molar-refractivity contribution is 0.0692. The fourth-order valence-electron chi connectivity index (χ4n) is 1.78. The van der Waals surface area contributed by atoms with E-state index in [0.29, 0.717) is 11.1 Å². The minimum atomic E-state index is -3.36. The van der Waals surface area contributed by atoms with E-state index in [9.17, 15) is 17.6 Å². The number of aromatic carboxylic acids is 1. The summed E-state index contributed by atoms with van der Waals surface area (Å²) < 4.78 is 36.3. The van der Waals surface area contributed by atoms with E-state index in [4.69, 9.17) is 5.11 Å². The smallest absolute Gasteiger partial charge is 0.338 e. The molecule has 0 bridgehead atoms. The highest BCUT2D eigenvalue weighted by Crippen LogP contribution is 2.24. The SMILES string of the molecule is CS(=O)(=O)c1cccc(-c2ccc(F)c(C(=O)O)c2)c1. The molecule has 0 aliphatic carbocycles. The highest BCUT2D eigenvalue weighted by Gasteiger charge is 2.13. The fraction of sp³-hybridized carbons (Fsp3) is 0.0714. The third kappa shape index (κ3) is 2.85. The standard InChI is InChI=1S/C14H11FO4S/c1-20(18,19)11-4-2-3-9(7-11)10-5-6-13(15)12(8-10)14(16)17/h2-8H,1H3,(H,16,17). The molecule has 2 rings (SSSR count). The first kappa shape index (κ1) is 14.2. The molecule has 2 aromatic rings. The molecule has 2 aromatic carbocycles. The van der Waals surface area contributed by atoms with Crippen LogP contribution >= 0.6 is 0 Å². The van der Waals surface area contributed by atoms with Gasteiger partial charge in [-0.25, -0.2) is 17.6 Å². The molecular weight excluding hydrogens is 283 g/mol. The maximum Gasteiger partial charge on any atom is 0.338 e. The summed E-state index contributed by atoms with van der Waals surface area (Å²) in [6, 6.07) is 9.69. The molecule has 0 aromatic heterocycles. The van der Waals surface area contributed by atoms with Gasteiger partial charge in [0.15, 0.2) is 9.84 Å². The molecule has 0 radical (unpaired) electrons. The van der Waals surface area contributed by atoms with Crippen LogP contribution < -0.4 is 0 Å². The molecule has 0 atom stereocenters. The zero-order valence-electron chi connectivity index (χ0n) is 10.5. The number of carboxylic acids is 1. The van der Waals surface area contributed by atoms with Gasteiger partial charge in [0.25, 0.3) is 0 Å². The van der Waals surface area contributed by atoms with Crippen LogP contribution in [-0.2, 0) is 9.84 Å². The second-order valence-corrected chi connectivity index (χ2v) is 6.32. The Hall–Kier alpha value is -2.21. The molecule has 0 aliphatic rings. The molecule has 4 nitrogen and oxygen atoms in total. The van der Waals surface area contributed by atoms with Gasteiger partial charge in [0.2, 0.25) is 0 Å². The van der Waals surface area contributed by atoms with Crippen molar-refractivity contribution in [1.29, 1.82) is 0 Å². The average molecular weight is 294 g/mol. The summed E-state index contributed by atoms with van der Waals surface area (Å²) in [5, 5.41) is 8.88. The quantitative estimate of drug-likeness (QED) is 0.944. The molecule has 0 amide bonds. The van der Waals surface area contributed by atoms with E-state index >= 15 is 0 Å². The van der Waals surface area contributed by atoms with E-state index in [1.165, 1.54) is 24.3 Å². The van der Waals surface area contributed by atoms with Gasteiger partial charge in [-0.2, -0.15) is 0 Å². The first-order chi connectivity index (χ1) is 9.29. The van der Waals surface area contributed by atoms with Gasteiger partial charge < -0.3 is 5.11 Å². The first-order valence-electron chi connectivity index (χ1n) is 5.62. The summed E-state index contributed by atoms with van der Waals surface area (Å²) in [4.78, 5) is 11.0. The van der Waals surface area contributed by atoms with Crippen molar-refractivity contribution in [2.24, 2.45) is 0 Å². The predicted octanol–water partition coefficient (Wildman–Crippen LogP) is 2.59. The van der Waals surface area contributed by atoms with Gasteiger partial charge in [-0.05, 0) is 35.4 Å². The Morgan fingerprint density at radius 1 is 1.10 bits per heavy atom. The average Bonchev–Trinajstić information content (AvgIpc) is 2.38. The lowest BCUT2D eigenvalue weighted by Crippen LogP contribution is -2.01.